The molecular formula is C18H13FN4O3. The van der Waals surface area contributed by atoms with E-state index in [9.17, 15) is 19.4 Å². The van der Waals surface area contributed by atoms with E-state index >= 15 is 0 Å². The molecule has 4 rings (SSSR count). The van der Waals surface area contributed by atoms with Crippen LogP contribution in [0.25, 0.3) is 27.1 Å². The Morgan fingerprint density at radius 3 is 2.85 bits per heavy atom. The maximum atomic E-state index is 14.4. The Morgan fingerprint density at radius 1 is 1.46 bits per heavy atom. The highest BCUT2D eigenvalue weighted by Gasteiger charge is 2.47. The van der Waals surface area contributed by atoms with Gasteiger partial charge in [0.05, 0.1) is 23.9 Å². The zero-order chi connectivity index (χ0) is 18.6. The molecule has 1 fully saturated rings. The Morgan fingerprint density at radius 2 is 2.23 bits per heavy atom. The van der Waals surface area contributed by atoms with Crippen molar-refractivity contribution in [3.8, 4) is 17.0 Å². The number of nitrogens with zero attached hydrogens (tertiary/aromatic N) is 3. The molecule has 0 saturated heterocycles. The van der Waals surface area contributed by atoms with Crippen LogP contribution in [0.3, 0.4) is 0 Å². The number of aryl methyl sites for hydroxylation is 1. The van der Waals surface area contributed by atoms with Crippen molar-refractivity contribution < 1.29 is 19.4 Å². The molecule has 0 bridgehead atoms. The number of rotatable bonds is 3. The van der Waals surface area contributed by atoms with Crippen LogP contribution in [0.15, 0.2) is 18.2 Å². The minimum Gasteiger partial charge on any atom is -0.508 e. The number of aromatic amines is 1. The average molecular weight is 352 g/mol. The summed E-state index contributed by atoms with van der Waals surface area (Å²) in [4.78, 5) is 19.3. The number of pyridine rings is 1. The molecule has 0 spiro atoms. The Kier molecular flexibility index (Phi) is 3.40. The Labute approximate surface area is 146 Å². The van der Waals surface area contributed by atoms with Crippen molar-refractivity contribution in [2.45, 2.75) is 19.3 Å². The van der Waals surface area contributed by atoms with Gasteiger partial charge in [0.2, 0.25) is 5.69 Å². The number of aromatic nitrogens is 3. The number of H-pyrrole nitrogens is 1. The number of benzene rings is 1. The molecule has 3 N–H and O–H groups in total. The van der Waals surface area contributed by atoms with E-state index in [1.165, 1.54) is 12.1 Å². The van der Waals surface area contributed by atoms with Gasteiger partial charge in [-0.05, 0) is 37.0 Å². The van der Waals surface area contributed by atoms with Crippen LogP contribution in [-0.2, 0) is 4.79 Å². The lowest BCUT2D eigenvalue weighted by atomic mass is 9.98. The van der Waals surface area contributed by atoms with Gasteiger partial charge in [0, 0.05) is 17.0 Å². The lowest BCUT2D eigenvalue weighted by Crippen LogP contribution is -2.01. The van der Waals surface area contributed by atoms with Gasteiger partial charge in [-0.2, -0.15) is 5.10 Å². The van der Waals surface area contributed by atoms with Crippen LogP contribution < -0.4 is 0 Å². The number of hydrogen-bond donors (Lipinski definition) is 3. The maximum Gasteiger partial charge on any atom is 0.307 e. The molecule has 1 aliphatic rings. The summed E-state index contributed by atoms with van der Waals surface area (Å²) in [6.45, 7) is 9.36. The first-order valence-electron chi connectivity index (χ1n) is 7.90. The molecule has 26 heavy (non-hydrogen) atoms. The van der Waals surface area contributed by atoms with E-state index in [0.717, 1.165) is 6.07 Å². The highest BCUT2D eigenvalue weighted by atomic mass is 19.1. The lowest BCUT2D eigenvalue weighted by molar-refractivity contribution is -0.138. The maximum absolute atomic E-state index is 14.4. The predicted octanol–water partition coefficient (Wildman–Crippen LogP) is 3.52. The quantitative estimate of drug-likeness (QED) is 0.626. The summed E-state index contributed by atoms with van der Waals surface area (Å²) < 4.78 is 14.4. The first kappa shape index (κ1) is 16.0. The molecule has 7 nitrogen and oxygen atoms in total. The summed E-state index contributed by atoms with van der Waals surface area (Å²) in [5, 5.41) is 26.2. The fraction of sp³-hybridized carbons (Fsp3) is 0.222. The van der Waals surface area contributed by atoms with Crippen LogP contribution in [-0.4, -0.2) is 31.4 Å². The largest absolute Gasteiger partial charge is 0.508 e. The first-order valence-corrected chi connectivity index (χ1v) is 7.90. The number of nitrogens with one attached hydrogen (secondary N) is 1. The number of carboxylic acid groups (broad SMARTS) is 1. The van der Waals surface area contributed by atoms with Crippen LogP contribution in [0.1, 0.15) is 23.6 Å². The molecule has 0 aliphatic heterocycles. The normalized spacial score (nSPS) is 18.7. The number of fused-ring (bicyclic) bond motifs is 1. The van der Waals surface area contributed by atoms with Crippen LogP contribution in [0.4, 0.5) is 10.1 Å². The molecule has 0 unspecified atom stereocenters. The van der Waals surface area contributed by atoms with E-state index in [1.807, 2.05) is 0 Å². The molecule has 0 radical (unpaired) electrons. The van der Waals surface area contributed by atoms with E-state index in [1.54, 1.807) is 6.92 Å². The van der Waals surface area contributed by atoms with Gasteiger partial charge in [0.25, 0.3) is 0 Å². The molecule has 1 saturated carbocycles. The third kappa shape index (κ3) is 2.29. The third-order valence-electron chi connectivity index (χ3n) is 4.70. The summed E-state index contributed by atoms with van der Waals surface area (Å²) in [6.07, 6.45) is 0.416. The molecule has 2 aromatic heterocycles. The molecule has 1 aromatic carbocycles. The Bertz CT molecular complexity index is 1120. The van der Waals surface area contributed by atoms with Crippen molar-refractivity contribution >= 4 is 22.7 Å². The van der Waals surface area contributed by atoms with Crippen molar-refractivity contribution in [1.82, 2.24) is 15.2 Å². The van der Waals surface area contributed by atoms with Gasteiger partial charge in [-0.3, -0.25) is 9.89 Å². The van der Waals surface area contributed by atoms with Crippen molar-refractivity contribution in [3.05, 3.63) is 46.7 Å². The number of aromatic hydroxyl groups is 1. The van der Waals surface area contributed by atoms with Crippen LogP contribution in [0.5, 0.6) is 5.75 Å². The van der Waals surface area contributed by atoms with Gasteiger partial charge in [-0.25, -0.2) is 14.2 Å². The molecule has 8 heteroatoms. The molecule has 2 heterocycles. The second-order valence-corrected chi connectivity index (χ2v) is 6.32. The van der Waals surface area contributed by atoms with E-state index in [2.05, 4.69) is 20.0 Å². The highest BCUT2D eigenvalue weighted by Crippen LogP contribution is 2.54. The van der Waals surface area contributed by atoms with E-state index < -0.39 is 17.7 Å². The monoisotopic (exact) mass is 352 g/mol. The first-order chi connectivity index (χ1) is 12.4. The number of carbonyl (C=O) groups is 1. The Hall–Kier alpha value is -3.47. The number of phenols is 1. The summed E-state index contributed by atoms with van der Waals surface area (Å²) in [5.41, 5.74) is 1.84. The SMILES string of the molecule is [C-]#[N+]c1c(-c2ccc(O)cc2F)nc2[nH]nc(C)c2c1[C@@H]1C[C@H]1C(=O)O. The molecule has 130 valence electrons. The summed E-state index contributed by atoms with van der Waals surface area (Å²) >= 11 is 0. The van der Waals surface area contributed by atoms with Gasteiger partial charge in [0.15, 0.2) is 5.65 Å². The van der Waals surface area contributed by atoms with Gasteiger partial charge < -0.3 is 10.2 Å². The van der Waals surface area contributed by atoms with E-state index in [4.69, 9.17) is 6.57 Å². The summed E-state index contributed by atoms with van der Waals surface area (Å²) in [6, 6.07) is 3.61. The van der Waals surface area contributed by atoms with E-state index in [0.29, 0.717) is 28.7 Å². The summed E-state index contributed by atoms with van der Waals surface area (Å²) in [7, 11) is 0. The fourth-order valence-corrected chi connectivity index (χ4v) is 3.38. The molecule has 1 aliphatic carbocycles. The van der Waals surface area contributed by atoms with Crippen molar-refractivity contribution in [2.24, 2.45) is 5.92 Å². The smallest absolute Gasteiger partial charge is 0.307 e. The summed E-state index contributed by atoms with van der Waals surface area (Å²) in [5.74, 6) is -2.78. The van der Waals surface area contributed by atoms with Gasteiger partial charge in [-0.15, -0.1) is 0 Å². The predicted molar refractivity (Wildman–Crippen MR) is 90.4 cm³/mol. The molecular weight excluding hydrogens is 339 g/mol. The fourth-order valence-electron chi connectivity index (χ4n) is 3.38. The number of carboxylic acids is 1. The van der Waals surface area contributed by atoms with Gasteiger partial charge in [0.1, 0.15) is 11.6 Å². The zero-order valence-electron chi connectivity index (χ0n) is 13.6. The lowest BCUT2D eigenvalue weighted by Gasteiger charge is -2.12. The Balaban J connectivity index is 2.04. The van der Waals surface area contributed by atoms with Gasteiger partial charge >= 0.3 is 5.97 Å². The number of hydrogen-bond acceptors (Lipinski definition) is 4. The van der Waals surface area contributed by atoms with Crippen molar-refractivity contribution in [3.63, 3.8) is 0 Å². The standard InChI is InChI=1S/C18H13FN4O3/c1-7-13-14(10-6-11(10)18(25)26)16(20-2)15(21-17(13)23-22-7)9-4-3-8(24)5-12(9)19/h3-5,10-11,24H,6H2,1H3,(H,25,26)(H,21,22,23)/t10-,11-/m1/s1. The zero-order valence-corrected chi connectivity index (χ0v) is 13.6. The second kappa shape index (κ2) is 5.52. The van der Waals surface area contributed by atoms with Gasteiger partial charge in [-0.1, -0.05) is 0 Å². The number of aliphatic carboxylic acids is 1. The van der Waals surface area contributed by atoms with Crippen LogP contribution in [0.2, 0.25) is 0 Å². The minimum absolute atomic E-state index is 0.0664. The van der Waals surface area contributed by atoms with Crippen molar-refractivity contribution in [2.75, 3.05) is 0 Å². The third-order valence-corrected chi connectivity index (χ3v) is 4.70. The number of halogens is 1. The van der Waals surface area contributed by atoms with Crippen molar-refractivity contribution in [1.29, 1.82) is 0 Å². The highest BCUT2D eigenvalue weighted by molar-refractivity contribution is 5.95. The van der Waals surface area contributed by atoms with Crippen LogP contribution in [0, 0.1) is 25.2 Å². The topological polar surface area (TPSA) is 103 Å². The van der Waals surface area contributed by atoms with Crippen LogP contribution >= 0.6 is 0 Å². The molecule has 0 amide bonds. The molecule has 3 aromatic rings. The minimum atomic E-state index is -0.922. The average Bonchev–Trinajstić information content (AvgIpc) is 3.31. The second-order valence-electron chi connectivity index (χ2n) is 6.32. The van der Waals surface area contributed by atoms with E-state index in [-0.39, 0.29) is 28.6 Å². The molecule has 2 atom stereocenters. The number of phenolic OH excluding ortho intramolecular Hbond substituents is 1.